The van der Waals surface area contributed by atoms with E-state index in [1.54, 1.807) is 19.2 Å². The number of nitrogens with one attached hydrogen (secondary N) is 2. The topological polar surface area (TPSA) is 97.6 Å². The van der Waals surface area contributed by atoms with Crippen LogP contribution in [0.3, 0.4) is 0 Å². The first-order valence-electron chi connectivity index (χ1n) is 6.90. The number of hydrogen-bond donors (Lipinski definition) is 2. The van der Waals surface area contributed by atoms with Crippen LogP contribution in [0, 0.1) is 6.92 Å². The highest BCUT2D eigenvalue weighted by Crippen LogP contribution is 2.20. The summed E-state index contributed by atoms with van der Waals surface area (Å²) in [5.74, 6) is 0.285. The minimum Gasteiger partial charge on any atom is -0.345 e. The van der Waals surface area contributed by atoms with Crippen LogP contribution in [-0.4, -0.2) is 31.1 Å². The molecule has 1 aromatic carbocycles. The maximum absolute atomic E-state index is 12.1. The van der Waals surface area contributed by atoms with Gasteiger partial charge in [-0.1, -0.05) is 0 Å². The summed E-state index contributed by atoms with van der Waals surface area (Å²) in [7, 11) is 1.67. The molecular weight excluding hydrogens is 314 g/mol. The SMILES string of the molecule is Cc1csc(Nc2ccc(C(=O)NCc3nnn(C)n3)cc2)n1. The summed E-state index contributed by atoms with van der Waals surface area (Å²) in [5, 5.41) is 20.3. The highest BCUT2D eigenvalue weighted by Gasteiger charge is 2.08. The van der Waals surface area contributed by atoms with Crippen molar-refractivity contribution in [1.29, 1.82) is 0 Å². The van der Waals surface area contributed by atoms with Crippen molar-refractivity contribution in [1.82, 2.24) is 30.5 Å². The van der Waals surface area contributed by atoms with Crippen LogP contribution in [0.5, 0.6) is 0 Å². The van der Waals surface area contributed by atoms with Gasteiger partial charge in [-0.05, 0) is 36.4 Å². The Labute approximate surface area is 136 Å². The second-order valence-corrected chi connectivity index (χ2v) is 5.73. The Bertz CT molecular complexity index is 809. The summed E-state index contributed by atoms with van der Waals surface area (Å²) >= 11 is 1.54. The largest absolute Gasteiger partial charge is 0.345 e. The molecular formula is C14H15N7OS. The van der Waals surface area contributed by atoms with Crippen molar-refractivity contribution in [2.75, 3.05) is 5.32 Å². The molecule has 0 saturated heterocycles. The standard InChI is InChI=1S/C14H15N7OS/c1-9-8-23-14(16-9)17-11-5-3-10(4-6-11)13(22)15-7-12-18-20-21(2)19-12/h3-6,8H,7H2,1-2H3,(H,15,22)(H,16,17). The molecule has 0 fully saturated rings. The van der Waals surface area contributed by atoms with Crippen molar-refractivity contribution in [2.24, 2.45) is 7.05 Å². The summed E-state index contributed by atoms with van der Waals surface area (Å²) < 4.78 is 0. The van der Waals surface area contributed by atoms with Crippen LogP contribution in [-0.2, 0) is 13.6 Å². The fourth-order valence-corrected chi connectivity index (χ4v) is 2.60. The van der Waals surface area contributed by atoms with Crippen LogP contribution in [0.15, 0.2) is 29.6 Å². The molecule has 0 spiro atoms. The van der Waals surface area contributed by atoms with Crippen LogP contribution < -0.4 is 10.6 Å². The second kappa shape index (κ2) is 6.53. The number of carbonyl (C=O) groups excluding carboxylic acids is 1. The zero-order valence-electron chi connectivity index (χ0n) is 12.6. The normalized spacial score (nSPS) is 10.5. The van der Waals surface area contributed by atoms with E-state index in [-0.39, 0.29) is 12.5 Å². The number of aryl methyl sites for hydroxylation is 2. The molecule has 8 nitrogen and oxygen atoms in total. The molecule has 9 heteroatoms. The average molecular weight is 329 g/mol. The van der Waals surface area contributed by atoms with Crippen molar-refractivity contribution in [3.8, 4) is 0 Å². The van der Waals surface area contributed by atoms with E-state index in [0.29, 0.717) is 11.4 Å². The van der Waals surface area contributed by atoms with Crippen LogP contribution >= 0.6 is 11.3 Å². The minimum absolute atomic E-state index is 0.186. The lowest BCUT2D eigenvalue weighted by atomic mass is 10.2. The van der Waals surface area contributed by atoms with Gasteiger partial charge in [-0.2, -0.15) is 4.80 Å². The molecule has 0 aliphatic rings. The van der Waals surface area contributed by atoms with E-state index in [1.165, 1.54) is 16.1 Å². The predicted octanol–water partition coefficient (Wildman–Crippen LogP) is 1.65. The van der Waals surface area contributed by atoms with E-state index >= 15 is 0 Å². The molecule has 1 amide bonds. The number of carbonyl (C=O) groups is 1. The molecule has 118 valence electrons. The van der Waals surface area contributed by atoms with E-state index in [4.69, 9.17) is 0 Å². The molecule has 0 saturated carbocycles. The highest BCUT2D eigenvalue weighted by molar-refractivity contribution is 7.13. The van der Waals surface area contributed by atoms with Gasteiger partial charge in [0.1, 0.15) is 0 Å². The summed E-state index contributed by atoms with van der Waals surface area (Å²) in [6.45, 7) is 2.19. The van der Waals surface area contributed by atoms with Gasteiger partial charge in [-0.15, -0.1) is 21.5 Å². The smallest absolute Gasteiger partial charge is 0.251 e. The first kappa shape index (κ1) is 15.1. The molecule has 2 aromatic heterocycles. The van der Waals surface area contributed by atoms with Gasteiger partial charge in [0.15, 0.2) is 11.0 Å². The van der Waals surface area contributed by atoms with Crippen molar-refractivity contribution < 1.29 is 4.79 Å². The third-order valence-electron chi connectivity index (χ3n) is 2.97. The third-order valence-corrected chi connectivity index (χ3v) is 3.85. The summed E-state index contributed by atoms with van der Waals surface area (Å²) in [6, 6.07) is 7.18. The average Bonchev–Trinajstić information content (AvgIpc) is 3.14. The van der Waals surface area contributed by atoms with Crippen LogP contribution in [0.1, 0.15) is 21.9 Å². The minimum atomic E-state index is -0.186. The summed E-state index contributed by atoms with van der Waals surface area (Å²) in [4.78, 5) is 17.8. The highest BCUT2D eigenvalue weighted by atomic mass is 32.1. The Morgan fingerprint density at radius 3 is 2.70 bits per heavy atom. The van der Waals surface area contributed by atoms with Gasteiger partial charge in [-0.25, -0.2) is 4.98 Å². The van der Waals surface area contributed by atoms with E-state index in [2.05, 4.69) is 31.0 Å². The van der Waals surface area contributed by atoms with E-state index in [1.807, 2.05) is 24.4 Å². The van der Waals surface area contributed by atoms with E-state index in [9.17, 15) is 4.79 Å². The number of amides is 1. The zero-order valence-corrected chi connectivity index (χ0v) is 13.5. The van der Waals surface area contributed by atoms with Gasteiger partial charge in [-0.3, -0.25) is 4.79 Å². The van der Waals surface area contributed by atoms with Gasteiger partial charge in [0.05, 0.1) is 19.3 Å². The molecule has 3 rings (SSSR count). The van der Waals surface area contributed by atoms with Gasteiger partial charge < -0.3 is 10.6 Å². The number of tetrazole rings is 1. The quantitative estimate of drug-likeness (QED) is 0.738. The zero-order chi connectivity index (χ0) is 16.2. The Morgan fingerprint density at radius 1 is 1.30 bits per heavy atom. The predicted molar refractivity (Wildman–Crippen MR) is 86.5 cm³/mol. The maximum atomic E-state index is 12.1. The monoisotopic (exact) mass is 329 g/mol. The first-order chi connectivity index (χ1) is 11.1. The van der Waals surface area contributed by atoms with Crippen LogP contribution in [0.25, 0.3) is 0 Å². The number of hydrogen-bond acceptors (Lipinski definition) is 7. The lowest BCUT2D eigenvalue weighted by molar-refractivity contribution is 0.0950. The Balaban J connectivity index is 1.58. The van der Waals surface area contributed by atoms with E-state index in [0.717, 1.165) is 16.5 Å². The Kier molecular flexibility index (Phi) is 4.29. The van der Waals surface area contributed by atoms with Crippen LogP contribution in [0.2, 0.25) is 0 Å². The first-order valence-corrected chi connectivity index (χ1v) is 7.78. The molecule has 2 heterocycles. The number of nitrogens with zero attached hydrogens (tertiary/aromatic N) is 5. The molecule has 0 aliphatic carbocycles. The van der Waals surface area contributed by atoms with E-state index < -0.39 is 0 Å². The third kappa shape index (κ3) is 3.89. The molecule has 23 heavy (non-hydrogen) atoms. The molecule has 0 radical (unpaired) electrons. The molecule has 0 unspecified atom stereocenters. The van der Waals surface area contributed by atoms with Gasteiger partial charge in [0.2, 0.25) is 0 Å². The van der Waals surface area contributed by atoms with Crippen molar-refractivity contribution >= 4 is 28.1 Å². The van der Waals surface area contributed by atoms with Crippen molar-refractivity contribution in [2.45, 2.75) is 13.5 Å². The fourth-order valence-electron chi connectivity index (χ4n) is 1.90. The molecule has 2 N–H and O–H groups in total. The van der Waals surface area contributed by atoms with Gasteiger partial charge in [0.25, 0.3) is 5.91 Å². The lowest BCUT2D eigenvalue weighted by Crippen LogP contribution is -2.23. The molecule has 0 bridgehead atoms. The number of thiazole rings is 1. The Morgan fingerprint density at radius 2 is 2.09 bits per heavy atom. The fraction of sp³-hybridized carbons (Fsp3) is 0.214. The van der Waals surface area contributed by atoms with Crippen molar-refractivity contribution in [3.05, 3.63) is 46.7 Å². The van der Waals surface area contributed by atoms with Gasteiger partial charge in [0, 0.05) is 16.6 Å². The summed E-state index contributed by atoms with van der Waals surface area (Å²) in [5.41, 5.74) is 2.42. The maximum Gasteiger partial charge on any atom is 0.251 e. The molecule has 3 aromatic rings. The summed E-state index contributed by atoms with van der Waals surface area (Å²) in [6.07, 6.45) is 0. The number of rotatable bonds is 5. The van der Waals surface area contributed by atoms with Crippen molar-refractivity contribution in [3.63, 3.8) is 0 Å². The number of anilines is 2. The molecule has 0 atom stereocenters. The number of aromatic nitrogens is 5. The Hall–Kier alpha value is -2.81. The number of benzene rings is 1. The lowest BCUT2D eigenvalue weighted by Gasteiger charge is -2.05. The van der Waals surface area contributed by atoms with Gasteiger partial charge >= 0.3 is 0 Å². The molecule has 0 aliphatic heterocycles. The van der Waals surface area contributed by atoms with Crippen LogP contribution in [0.4, 0.5) is 10.8 Å². The second-order valence-electron chi connectivity index (χ2n) is 4.87.